The summed E-state index contributed by atoms with van der Waals surface area (Å²) in [4.78, 5) is 24.5. The Morgan fingerprint density at radius 2 is 2.07 bits per heavy atom. The van der Waals surface area contributed by atoms with E-state index in [1.165, 1.54) is 9.08 Å². The molecule has 0 spiro atoms. The van der Waals surface area contributed by atoms with Gasteiger partial charge in [-0.2, -0.15) is 0 Å². The average molecular weight is 368 g/mol. The lowest BCUT2D eigenvalue weighted by molar-refractivity contribution is 0.0952. The maximum Gasteiger partial charge on any atom is 0.350 e. The number of aryl methyl sites for hydroxylation is 1. The van der Waals surface area contributed by atoms with E-state index in [1.54, 1.807) is 36.5 Å². The van der Waals surface area contributed by atoms with Gasteiger partial charge in [-0.1, -0.05) is 26.0 Å². The Labute approximate surface area is 157 Å². The molecule has 0 bridgehead atoms. The fourth-order valence-electron chi connectivity index (χ4n) is 2.64. The molecule has 3 aromatic rings. The zero-order valence-corrected chi connectivity index (χ0v) is 15.6. The van der Waals surface area contributed by atoms with Gasteiger partial charge in [-0.15, -0.1) is 5.10 Å². The summed E-state index contributed by atoms with van der Waals surface area (Å²) in [6, 6.07) is 12.6. The van der Waals surface area contributed by atoms with Crippen molar-refractivity contribution in [1.82, 2.24) is 19.5 Å². The van der Waals surface area contributed by atoms with Crippen LogP contribution in [0.2, 0.25) is 0 Å². The van der Waals surface area contributed by atoms with E-state index in [-0.39, 0.29) is 11.6 Å². The molecular weight excluding hydrogens is 344 g/mol. The van der Waals surface area contributed by atoms with Crippen molar-refractivity contribution in [2.45, 2.75) is 26.8 Å². The van der Waals surface area contributed by atoms with Crippen LogP contribution in [0.1, 0.15) is 30.6 Å². The SMILES string of the molecule is CC(C)COc1cccc(C(=O)NCCCn2nc3ccccn3c2=O)c1. The number of carbonyl (C=O) groups is 1. The second kappa shape index (κ2) is 8.53. The highest BCUT2D eigenvalue weighted by Gasteiger charge is 2.08. The highest BCUT2D eigenvalue weighted by molar-refractivity contribution is 5.94. The Bertz CT molecular complexity index is 975. The minimum absolute atomic E-state index is 0.160. The first kappa shape index (κ1) is 18.7. The second-order valence-electron chi connectivity index (χ2n) is 6.78. The van der Waals surface area contributed by atoms with Crippen molar-refractivity contribution in [3.05, 3.63) is 64.7 Å². The second-order valence-corrected chi connectivity index (χ2v) is 6.78. The number of nitrogens with zero attached hydrogens (tertiary/aromatic N) is 3. The van der Waals surface area contributed by atoms with Gasteiger partial charge in [-0.25, -0.2) is 9.48 Å². The molecule has 2 aromatic heterocycles. The van der Waals surface area contributed by atoms with Gasteiger partial charge in [-0.3, -0.25) is 9.20 Å². The summed E-state index contributed by atoms with van der Waals surface area (Å²) in [6.45, 7) is 5.66. The van der Waals surface area contributed by atoms with E-state index < -0.39 is 0 Å². The molecule has 0 saturated heterocycles. The standard InChI is InChI=1S/C20H24N4O3/c1-15(2)14-27-17-8-5-7-16(13-17)19(25)21-10-6-12-24-20(26)23-11-4-3-9-18(23)22-24/h3-5,7-9,11,13,15H,6,10,12,14H2,1-2H3,(H,21,25). The van der Waals surface area contributed by atoms with Crippen molar-refractivity contribution < 1.29 is 9.53 Å². The third-order valence-corrected chi connectivity index (χ3v) is 4.00. The molecule has 7 nitrogen and oxygen atoms in total. The number of ether oxygens (including phenoxy) is 1. The minimum Gasteiger partial charge on any atom is -0.493 e. The Kier molecular flexibility index (Phi) is 5.90. The molecule has 0 aliphatic rings. The summed E-state index contributed by atoms with van der Waals surface area (Å²) >= 11 is 0. The van der Waals surface area contributed by atoms with Gasteiger partial charge in [0.15, 0.2) is 5.65 Å². The molecule has 0 atom stereocenters. The number of hydrogen-bond donors (Lipinski definition) is 1. The van der Waals surface area contributed by atoms with Crippen molar-refractivity contribution >= 4 is 11.6 Å². The molecule has 3 rings (SSSR count). The first-order valence-corrected chi connectivity index (χ1v) is 9.10. The summed E-state index contributed by atoms with van der Waals surface area (Å²) in [5.41, 5.74) is 0.998. The van der Waals surface area contributed by atoms with Crippen LogP contribution in [0.4, 0.5) is 0 Å². The number of pyridine rings is 1. The summed E-state index contributed by atoms with van der Waals surface area (Å²) < 4.78 is 8.57. The maximum absolute atomic E-state index is 12.3. The molecular formula is C20H24N4O3. The quantitative estimate of drug-likeness (QED) is 0.619. The largest absolute Gasteiger partial charge is 0.493 e. The molecule has 0 fully saturated rings. The predicted octanol–water partition coefficient (Wildman–Crippen LogP) is 2.35. The van der Waals surface area contributed by atoms with Crippen LogP contribution in [0, 0.1) is 5.92 Å². The Morgan fingerprint density at radius 1 is 1.22 bits per heavy atom. The van der Waals surface area contributed by atoms with Crippen molar-refractivity contribution in [1.29, 1.82) is 0 Å². The number of nitrogens with one attached hydrogen (secondary N) is 1. The van der Waals surface area contributed by atoms with Crippen LogP contribution in [0.3, 0.4) is 0 Å². The number of fused-ring (bicyclic) bond motifs is 1. The van der Waals surface area contributed by atoms with E-state index in [2.05, 4.69) is 24.3 Å². The molecule has 0 radical (unpaired) electrons. The van der Waals surface area contributed by atoms with E-state index in [4.69, 9.17) is 4.74 Å². The molecule has 0 aliphatic carbocycles. The van der Waals surface area contributed by atoms with Crippen molar-refractivity contribution in [3.8, 4) is 5.75 Å². The van der Waals surface area contributed by atoms with Crippen LogP contribution in [-0.2, 0) is 6.54 Å². The summed E-state index contributed by atoms with van der Waals surface area (Å²) in [7, 11) is 0. The Balaban J connectivity index is 1.51. The minimum atomic E-state index is -0.174. The van der Waals surface area contributed by atoms with Crippen LogP contribution in [0.15, 0.2) is 53.5 Å². The number of amides is 1. The van der Waals surface area contributed by atoms with E-state index >= 15 is 0 Å². The van der Waals surface area contributed by atoms with Crippen LogP contribution >= 0.6 is 0 Å². The molecule has 0 unspecified atom stereocenters. The first-order valence-electron chi connectivity index (χ1n) is 9.10. The van der Waals surface area contributed by atoms with Crippen LogP contribution in [0.5, 0.6) is 5.75 Å². The monoisotopic (exact) mass is 368 g/mol. The van der Waals surface area contributed by atoms with Crippen LogP contribution in [0.25, 0.3) is 5.65 Å². The molecule has 142 valence electrons. The van der Waals surface area contributed by atoms with Crippen LogP contribution < -0.4 is 15.7 Å². The molecule has 27 heavy (non-hydrogen) atoms. The third kappa shape index (κ3) is 4.75. The van der Waals surface area contributed by atoms with Gasteiger partial charge in [0.25, 0.3) is 5.91 Å². The normalized spacial score (nSPS) is 11.1. The van der Waals surface area contributed by atoms with Crippen molar-refractivity contribution in [2.75, 3.05) is 13.2 Å². The molecule has 0 aliphatic heterocycles. The molecule has 1 N–H and O–H groups in total. The lowest BCUT2D eigenvalue weighted by atomic mass is 10.2. The number of aromatic nitrogens is 3. The fourth-order valence-corrected chi connectivity index (χ4v) is 2.64. The van der Waals surface area contributed by atoms with E-state index in [9.17, 15) is 9.59 Å². The van der Waals surface area contributed by atoms with Gasteiger partial charge in [0, 0.05) is 24.8 Å². The van der Waals surface area contributed by atoms with Crippen molar-refractivity contribution in [3.63, 3.8) is 0 Å². The van der Waals surface area contributed by atoms with Gasteiger partial charge >= 0.3 is 5.69 Å². The van der Waals surface area contributed by atoms with Gasteiger partial charge in [0.2, 0.25) is 0 Å². The zero-order chi connectivity index (χ0) is 19.2. The van der Waals surface area contributed by atoms with Gasteiger partial charge in [0.05, 0.1) is 6.61 Å². The zero-order valence-electron chi connectivity index (χ0n) is 15.6. The lowest BCUT2D eigenvalue weighted by Gasteiger charge is -2.10. The fraction of sp³-hybridized carbons (Fsp3) is 0.350. The molecule has 1 aromatic carbocycles. The van der Waals surface area contributed by atoms with Gasteiger partial charge in [-0.05, 0) is 42.7 Å². The van der Waals surface area contributed by atoms with Crippen LogP contribution in [-0.4, -0.2) is 33.2 Å². The number of rotatable bonds is 8. The highest BCUT2D eigenvalue weighted by Crippen LogP contribution is 2.14. The Hall–Kier alpha value is -3.09. The molecule has 1 amide bonds. The van der Waals surface area contributed by atoms with E-state index in [0.29, 0.717) is 49.0 Å². The van der Waals surface area contributed by atoms with E-state index in [1.807, 2.05) is 12.1 Å². The number of hydrogen-bond acceptors (Lipinski definition) is 4. The third-order valence-electron chi connectivity index (χ3n) is 4.00. The smallest absolute Gasteiger partial charge is 0.350 e. The Morgan fingerprint density at radius 3 is 2.85 bits per heavy atom. The topological polar surface area (TPSA) is 77.6 Å². The summed E-state index contributed by atoms with van der Waals surface area (Å²) in [5, 5.41) is 7.14. The van der Waals surface area contributed by atoms with Gasteiger partial charge in [0.1, 0.15) is 5.75 Å². The highest BCUT2D eigenvalue weighted by atomic mass is 16.5. The molecule has 0 saturated carbocycles. The number of carbonyl (C=O) groups excluding carboxylic acids is 1. The van der Waals surface area contributed by atoms with Crippen molar-refractivity contribution in [2.24, 2.45) is 5.92 Å². The lowest BCUT2D eigenvalue weighted by Crippen LogP contribution is -2.27. The summed E-state index contributed by atoms with van der Waals surface area (Å²) in [5.74, 6) is 0.949. The molecule has 2 heterocycles. The van der Waals surface area contributed by atoms with Gasteiger partial charge < -0.3 is 10.1 Å². The molecule has 7 heteroatoms. The predicted molar refractivity (Wildman–Crippen MR) is 103 cm³/mol. The number of benzene rings is 1. The maximum atomic E-state index is 12.3. The average Bonchev–Trinajstić information content (AvgIpc) is 3.00. The first-order chi connectivity index (χ1) is 13.0. The van der Waals surface area contributed by atoms with E-state index in [0.717, 1.165) is 0 Å². The summed E-state index contributed by atoms with van der Waals surface area (Å²) in [6.07, 6.45) is 2.30.